The summed E-state index contributed by atoms with van der Waals surface area (Å²) < 4.78 is 5.14. The normalized spacial score (nSPS) is 21.4. The number of ether oxygens (including phenoxy) is 1. The maximum atomic E-state index is 12.5. The molecule has 2 atom stereocenters. The molecule has 0 unspecified atom stereocenters. The van der Waals surface area contributed by atoms with E-state index in [9.17, 15) is 14.4 Å². The van der Waals surface area contributed by atoms with Gasteiger partial charge in [0.1, 0.15) is 0 Å². The van der Waals surface area contributed by atoms with Gasteiger partial charge in [0.25, 0.3) is 5.91 Å². The Labute approximate surface area is 165 Å². The van der Waals surface area contributed by atoms with Gasteiger partial charge in [-0.3, -0.25) is 9.59 Å². The quantitative estimate of drug-likeness (QED) is 0.735. The number of likely N-dealkylation sites (tertiary alicyclic amines) is 1. The number of esters is 1. The third-order valence-corrected chi connectivity index (χ3v) is 5.57. The maximum absolute atomic E-state index is 12.5. The Morgan fingerprint density at radius 3 is 2.61 bits per heavy atom. The topological polar surface area (TPSA) is 87.7 Å². The number of fused-ring (bicyclic) bond motifs is 1. The molecule has 7 heteroatoms. The van der Waals surface area contributed by atoms with Crippen LogP contribution in [0.3, 0.4) is 0 Å². The molecule has 3 rings (SSSR count). The highest BCUT2D eigenvalue weighted by Crippen LogP contribution is 2.35. The van der Waals surface area contributed by atoms with Gasteiger partial charge in [-0.25, -0.2) is 4.79 Å². The highest BCUT2D eigenvalue weighted by atomic mass is 16.5. The van der Waals surface area contributed by atoms with Gasteiger partial charge in [0.15, 0.2) is 6.61 Å². The number of rotatable bonds is 6. The molecule has 28 heavy (non-hydrogen) atoms. The van der Waals surface area contributed by atoms with Crippen LogP contribution in [0, 0.1) is 5.92 Å². The van der Waals surface area contributed by atoms with Crippen molar-refractivity contribution in [1.29, 1.82) is 0 Å². The number of urea groups is 1. The van der Waals surface area contributed by atoms with Gasteiger partial charge in [0.2, 0.25) is 0 Å². The standard InChI is InChI=1S/C21H29N3O4/c25-19(24-14-6-8-16-7-4-5-11-18(16)24)15-28-20(26)12-13-22-21(27)23-17-9-2-1-3-10-17/h1-3,9-10,16,18H,4-8,11-15H2,(H2,22,23,27)/t16-,18+/m1/s1. The zero-order valence-corrected chi connectivity index (χ0v) is 16.2. The molecule has 2 aliphatic rings. The van der Waals surface area contributed by atoms with Crippen LogP contribution in [0.15, 0.2) is 30.3 Å². The number of benzene rings is 1. The number of carbonyl (C=O) groups excluding carboxylic acids is 3. The molecule has 2 N–H and O–H groups in total. The van der Waals surface area contributed by atoms with Gasteiger partial charge in [0, 0.05) is 24.8 Å². The Morgan fingerprint density at radius 2 is 1.79 bits per heavy atom. The Balaban J connectivity index is 1.33. The predicted octanol–water partition coefficient (Wildman–Crippen LogP) is 2.92. The van der Waals surface area contributed by atoms with E-state index in [1.807, 2.05) is 23.1 Å². The lowest BCUT2D eigenvalue weighted by atomic mass is 9.78. The van der Waals surface area contributed by atoms with Crippen molar-refractivity contribution in [3.05, 3.63) is 30.3 Å². The highest BCUT2D eigenvalue weighted by Gasteiger charge is 2.35. The summed E-state index contributed by atoms with van der Waals surface area (Å²) in [7, 11) is 0. The molecular weight excluding hydrogens is 358 g/mol. The van der Waals surface area contributed by atoms with Crippen LogP contribution >= 0.6 is 0 Å². The molecule has 7 nitrogen and oxygen atoms in total. The number of hydrogen-bond donors (Lipinski definition) is 2. The minimum atomic E-state index is -0.481. The molecule has 0 aromatic heterocycles. The molecule has 1 saturated heterocycles. The van der Waals surface area contributed by atoms with Gasteiger partial charge < -0.3 is 20.3 Å². The SMILES string of the molecule is O=C(NCCC(=O)OCC(=O)N1CCC[C@H]2CCCC[C@@H]21)Nc1ccccc1. The Hall–Kier alpha value is -2.57. The van der Waals surface area contributed by atoms with Crippen LogP contribution in [-0.4, -0.2) is 48.5 Å². The maximum Gasteiger partial charge on any atom is 0.319 e. The molecule has 0 bridgehead atoms. The van der Waals surface area contributed by atoms with Crippen LogP contribution in [0.5, 0.6) is 0 Å². The molecule has 1 aromatic rings. The van der Waals surface area contributed by atoms with E-state index in [1.54, 1.807) is 12.1 Å². The molecular formula is C21H29N3O4. The first kappa shape index (κ1) is 20.2. The fourth-order valence-electron chi connectivity index (χ4n) is 4.21. The number of amides is 3. The molecule has 1 aromatic carbocycles. The van der Waals surface area contributed by atoms with Crippen molar-refractivity contribution in [3.8, 4) is 0 Å². The van der Waals surface area contributed by atoms with Gasteiger partial charge in [0.05, 0.1) is 6.42 Å². The van der Waals surface area contributed by atoms with Crippen molar-refractivity contribution in [3.63, 3.8) is 0 Å². The van der Waals surface area contributed by atoms with Gasteiger partial charge in [-0.1, -0.05) is 31.0 Å². The van der Waals surface area contributed by atoms with Gasteiger partial charge in [-0.05, 0) is 43.7 Å². The van der Waals surface area contributed by atoms with Gasteiger partial charge in [-0.2, -0.15) is 0 Å². The first-order valence-electron chi connectivity index (χ1n) is 10.2. The van der Waals surface area contributed by atoms with E-state index in [4.69, 9.17) is 4.74 Å². The zero-order chi connectivity index (χ0) is 19.8. The van der Waals surface area contributed by atoms with Gasteiger partial charge >= 0.3 is 12.0 Å². The fourth-order valence-corrected chi connectivity index (χ4v) is 4.21. The van der Waals surface area contributed by atoms with E-state index in [0.717, 1.165) is 19.4 Å². The zero-order valence-electron chi connectivity index (χ0n) is 16.2. The third kappa shape index (κ3) is 5.71. The van der Waals surface area contributed by atoms with Crippen LogP contribution < -0.4 is 10.6 Å². The van der Waals surface area contributed by atoms with Crippen molar-refractivity contribution in [2.24, 2.45) is 5.92 Å². The Bertz CT molecular complexity index is 677. The summed E-state index contributed by atoms with van der Waals surface area (Å²) in [5, 5.41) is 5.28. The fraction of sp³-hybridized carbons (Fsp3) is 0.571. The van der Waals surface area contributed by atoms with Crippen LogP contribution in [0.25, 0.3) is 0 Å². The number of hydrogen-bond acceptors (Lipinski definition) is 4. The number of anilines is 1. The van der Waals surface area contributed by atoms with E-state index >= 15 is 0 Å². The number of nitrogens with zero attached hydrogens (tertiary/aromatic N) is 1. The summed E-state index contributed by atoms with van der Waals surface area (Å²) in [5.74, 6) is 0.0276. The van der Waals surface area contributed by atoms with Crippen molar-refractivity contribution >= 4 is 23.6 Å². The summed E-state index contributed by atoms with van der Waals surface area (Å²) in [5.41, 5.74) is 0.677. The second kappa shape index (κ2) is 10.1. The number of piperidine rings is 1. The second-order valence-corrected chi connectivity index (χ2v) is 7.50. The minimum Gasteiger partial charge on any atom is -0.456 e. The number of carbonyl (C=O) groups is 3. The predicted molar refractivity (Wildman–Crippen MR) is 106 cm³/mol. The average molecular weight is 387 g/mol. The largest absolute Gasteiger partial charge is 0.456 e. The molecule has 1 saturated carbocycles. The van der Waals surface area contributed by atoms with Crippen LogP contribution in [0.1, 0.15) is 44.9 Å². The van der Waals surface area contributed by atoms with E-state index in [1.165, 1.54) is 25.7 Å². The number of para-hydroxylation sites is 1. The first-order chi connectivity index (χ1) is 13.6. The Kier molecular flexibility index (Phi) is 7.28. The van der Waals surface area contributed by atoms with Crippen LogP contribution in [0.4, 0.5) is 10.5 Å². The summed E-state index contributed by atoms with van der Waals surface area (Å²) in [4.78, 5) is 38.1. The molecule has 2 fully saturated rings. The van der Waals surface area contributed by atoms with Crippen molar-refractivity contribution in [1.82, 2.24) is 10.2 Å². The number of nitrogens with one attached hydrogen (secondary N) is 2. The lowest BCUT2D eigenvalue weighted by molar-refractivity contribution is -0.154. The summed E-state index contributed by atoms with van der Waals surface area (Å²) in [6.45, 7) is 0.705. The molecule has 1 heterocycles. The van der Waals surface area contributed by atoms with Crippen molar-refractivity contribution in [2.45, 2.75) is 51.0 Å². The van der Waals surface area contributed by atoms with E-state index in [2.05, 4.69) is 10.6 Å². The van der Waals surface area contributed by atoms with Crippen molar-refractivity contribution < 1.29 is 19.1 Å². The minimum absolute atomic E-state index is 0.0293. The van der Waals surface area contributed by atoms with Gasteiger partial charge in [-0.15, -0.1) is 0 Å². The van der Waals surface area contributed by atoms with Crippen molar-refractivity contribution in [2.75, 3.05) is 25.0 Å². The summed E-state index contributed by atoms with van der Waals surface area (Å²) in [6, 6.07) is 8.99. The third-order valence-electron chi connectivity index (χ3n) is 5.57. The molecule has 0 spiro atoms. The van der Waals surface area contributed by atoms with Crippen LogP contribution in [0.2, 0.25) is 0 Å². The van der Waals surface area contributed by atoms with E-state index < -0.39 is 5.97 Å². The van der Waals surface area contributed by atoms with E-state index in [-0.39, 0.29) is 31.5 Å². The molecule has 1 aliphatic heterocycles. The monoisotopic (exact) mass is 387 g/mol. The lowest BCUT2D eigenvalue weighted by Gasteiger charge is -2.44. The Morgan fingerprint density at radius 1 is 1.04 bits per heavy atom. The molecule has 1 aliphatic carbocycles. The lowest BCUT2D eigenvalue weighted by Crippen LogP contribution is -2.50. The van der Waals surface area contributed by atoms with Crippen LogP contribution in [-0.2, 0) is 14.3 Å². The average Bonchev–Trinajstić information content (AvgIpc) is 2.72. The molecule has 0 radical (unpaired) electrons. The smallest absolute Gasteiger partial charge is 0.319 e. The summed E-state index contributed by atoms with van der Waals surface area (Å²) in [6.07, 6.45) is 6.94. The van der Waals surface area contributed by atoms with E-state index in [0.29, 0.717) is 17.6 Å². The second-order valence-electron chi connectivity index (χ2n) is 7.50. The molecule has 152 valence electrons. The first-order valence-corrected chi connectivity index (χ1v) is 10.2. The molecule has 3 amide bonds. The summed E-state index contributed by atoms with van der Waals surface area (Å²) >= 11 is 0. The highest BCUT2D eigenvalue weighted by molar-refractivity contribution is 5.89.